The Balaban J connectivity index is 1.94. The van der Waals surface area contributed by atoms with Crippen LogP contribution in [0.4, 0.5) is 11.5 Å². The molecule has 31 heavy (non-hydrogen) atoms. The van der Waals surface area contributed by atoms with Crippen molar-refractivity contribution in [2.24, 2.45) is 0 Å². The molecule has 1 aromatic carbocycles. The highest BCUT2D eigenvalue weighted by molar-refractivity contribution is 5.96. The van der Waals surface area contributed by atoms with Gasteiger partial charge < -0.3 is 20.1 Å². The van der Waals surface area contributed by atoms with E-state index in [9.17, 15) is 14.4 Å². The number of rotatable bonds is 9. The quantitative estimate of drug-likeness (QED) is 0.530. The van der Waals surface area contributed by atoms with Gasteiger partial charge in [-0.2, -0.15) is 0 Å². The summed E-state index contributed by atoms with van der Waals surface area (Å²) in [5, 5.41) is 0. The third kappa shape index (κ3) is 5.81. The van der Waals surface area contributed by atoms with Crippen molar-refractivity contribution in [1.29, 1.82) is 0 Å². The number of benzene rings is 1. The van der Waals surface area contributed by atoms with Gasteiger partial charge in [0.25, 0.3) is 5.56 Å². The minimum Gasteiger partial charge on any atom is -0.385 e. The molecule has 1 saturated heterocycles. The molecule has 0 bridgehead atoms. The van der Waals surface area contributed by atoms with Crippen molar-refractivity contribution in [2.75, 3.05) is 63.7 Å². The minimum absolute atomic E-state index is 0.00936. The number of nitrogens with two attached hydrogens (primary N) is 1. The number of amides is 1. The highest BCUT2D eigenvalue weighted by Crippen LogP contribution is 2.19. The Kier molecular flexibility index (Phi) is 7.99. The topological polar surface area (TPSA) is 123 Å². The summed E-state index contributed by atoms with van der Waals surface area (Å²) in [6, 6.07) is 9.29. The van der Waals surface area contributed by atoms with Crippen molar-refractivity contribution >= 4 is 17.4 Å². The minimum atomic E-state index is -0.681. The van der Waals surface area contributed by atoms with Gasteiger partial charge in [-0.05, 0) is 12.0 Å². The van der Waals surface area contributed by atoms with Crippen molar-refractivity contribution in [3.63, 3.8) is 0 Å². The fourth-order valence-corrected chi connectivity index (χ4v) is 3.53. The van der Waals surface area contributed by atoms with E-state index in [1.54, 1.807) is 7.11 Å². The summed E-state index contributed by atoms with van der Waals surface area (Å²) in [6.45, 7) is 3.36. The molecule has 0 spiro atoms. The lowest BCUT2D eigenvalue weighted by Gasteiger charge is -2.30. The zero-order chi connectivity index (χ0) is 22.2. The van der Waals surface area contributed by atoms with E-state index in [0.717, 1.165) is 5.56 Å². The van der Waals surface area contributed by atoms with Crippen molar-refractivity contribution in [2.45, 2.75) is 13.0 Å². The lowest BCUT2D eigenvalue weighted by molar-refractivity contribution is -0.120. The lowest BCUT2D eigenvalue weighted by Crippen LogP contribution is -2.48. The first kappa shape index (κ1) is 22.7. The monoisotopic (exact) mass is 431 g/mol. The van der Waals surface area contributed by atoms with E-state index in [2.05, 4.69) is 4.98 Å². The van der Waals surface area contributed by atoms with Crippen LogP contribution in [-0.4, -0.2) is 73.5 Å². The number of nitrogens with one attached hydrogen (secondary N) is 1. The average molecular weight is 431 g/mol. The largest absolute Gasteiger partial charge is 0.385 e. The molecule has 1 amide bonds. The van der Waals surface area contributed by atoms with E-state index >= 15 is 0 Å². The molecular formula is C21H29N5O5. The summed E-state index contributed by atoms with van der Waals surface area (Å²) >= 11 is 0. The number of hydrogen-bond donors (Lipinski definition) is 2. The predicted octanol–water partition coefficient (Wildman–Crippen LogP) is -0.131. The number of nitrogen functional groups attached to an aromatic ring is 1. The molecule has 0 radical (unpaired) electrons. The number of aromatic amines is 1. The molecule has 1 aliphatic rings. The molecule has 1 aromatic heterocycles. The number of nitrogens with zero attached hydrogens (tertiary/aromatic N) is 3. The highest BCUT2D eigenvalue weighted by Gasteiger charge is 2.26. The summed E-state index contributed by atoms with van der Waals surface area (Å²) in [5.41, 5.74) is 5.83. The molecule has 2 heterocycles. The molecule has 0 aliphatic carbocycles. The van der Waals surface area contributed by atoms with E-state index in [1.165, 1.54) is 9.47 Å². The van der Waals surface area contributed by atoms with Crippen LogP contribution in [0, 0.1) is 0 Å². The Labute approximate surface area is 180 Å². The maximum atomic E-state index is 13.2. The zero-order valence-corrected chi connectivity index (χ0v) is 17.7. The van der Waals surface area contributed by atoms with E-state index < -0.39 is 11.2 Å². The van der Waals surface area contributed by atoms with Gasteiger partial charge >= 0.3 is 5.69 Å². The van der Waals surface area contributed by atoms with Crippen LogP contribution in [0.15, 0.2) is 39.9 Å². The Bertz CT molecular complexity index is 982. The maximum absolute atomic E-state index is 13.2. The third-order valence-electron chi connectivity index (χ3n) is 5.16. The van der Waals surface area contributed by atoms with Gasteiger partial charge in [0.2, 0.25) is 5.91 Å². The number of carbonyl (C=O) groups excluding carboxylic acids is 1. The molecule has 1 aliphatic heterocycles. The number of ether oxygens (including phenoxy) is 2. The van der Waals surface area contributed by atoms with Crippen molar-refractivity contribution in [1.82, 2.24) is 14.5 Å². The summed E-state index contributed by atoms with van der Waals surface area (Å²) < 4.78 is 11.7. The highest BCUT2D eigenvalue weighted by atomic mass is 16.5. The van der Waals surface area contributed by atoms with E-state index in [0.29, 0.717) is 39.3 Å². The summed E-state index contributed by atoms with van der Waals surface area (Å²) in [4.78, 5) is 44.0. The van der Waals surface area contributed by atoms with Gasteiger partial charge in [-0.25, -0.2) is 4.79 Å². The second-order valence-electron chi connectivity index (χ2n) is 7.35. The average Bonchev–Trinajstić information content (AvgIpc) is 2.77. The summed E-state index contributed by atoms with van der Waals surface area (Å²) in [5.74, 6) is -0.300. The molecule has 10 heteroatoms. The molecule has 168 valence electrons. The zero-order valence-electron chi connectivity index (χ0n) is 17.7. The first-order valence-corrected chi connectivity index (χ1v) is 10.3. The third-order valence-corrected chi connectivity index (χ3v) is 5.16. The van der Waals surface area contributed by atoms with Crippen LogP contribution in [0.1, 0.15) is 12.0 Å². The number of H-pyrrole nitrogens is 1. The van der Waals surface area contributed by atoms with Crippen LogP contribution in [0.5, 0.6) is 0 Å². The van der Waals surface area contributed by atoms with Crippen LogP contribution in [-0.2, 0) is 20.8 Å². The van der Waals surface area contributed by atoms with Gasteiger partial charge in [0.15, 0.2) is 5.69 Å². The van der Waals surface area contributed by atoms with Crippen molar-refractivity contribution < 1.29 is 14.3 Å². The van der Waals surface area contributed by atoms with Crippen LogP contribution < -0.4 is 21.9 Å². The van der Waals surface area contributed by atoms with Crippen LogP contribution in [0.2, 0.25) is 0 Å². The van der Waals surface area contributed by atoms with Gasteiger partial charge in [0.05, 0.1) is 26.3 Å². The molecule has 0 atom stereocenters. The van der Waals surface area contributed by atoms with Crippen molar-refractivity contribution in [3.8, 4) is 0 Å². The molecule has 1 fully saturated rings. The molecule has 10 nitrogen and oxygen atoms in total. The second kappa shape index (κ2) is 10.9. The summed E-state index contributed by atoms with van der Waals surface area (Å²) in [7, 11) is 1.57. The van der Waals surface area contributed by atoms with Gasteiger partial charge in [-0.15, -0.1) is 0 Å². The van der Waals surface area contributed by atoms with Gasteiger partial charge in [-0.3, -0.25) is 24.0 Å². The lowest BCUT2D eigenvalue weighted by atomic mass is 10.2. The van der Waals surface area contributed by atoms with E-state index in [1.807, 2.05) is 35.2 Å². The Morgan fingerprint density at radius 2 is 1.94 bits per heavy atom. The van der Waals surface area contributed by atoms with Crippen LogP contribution in [0.3, 0.4) is 0 Å². The SMILES string of the molecule is COCCCN(C(=O)CN1CCOCC1)c1c(N)n(Cc2ccccc2)c(=O)[nH]c1=O. The predicted molar refractivity (Wildman–Crippen MR) is 117 cm³/mol. The number of hydrogen-bond acceptors (Lipinski definition) is 7. The normalized spacial score (nSPS) is 14.5. The molecule has 0 saturated carbocycles. The van der Waals surface area contributed by atoms with Crippen LogP contribution in [0.25, 0.3) is 0 Å². The molecule has 0 unspecified atom stereocenters. The Morgan fingerprint density at radius 3 is 2.61 bits per heavy atom. The molecule has 3 N–H and O–H groups in total. The smallest absolute Gasteiger partial charge is 0.330 e. The number of anilines is 2. The number of methoxy groups -OCH3 is 1. The number of morpholine rings is 1. The second-order valence-corrected chi connectivity index (χ2v) is 7.35. The van der Waals surface area contributed by atoms with Crippen LogP contribution >= 0.6 is 0 Å². The number of aromatic nitrogens is 2. The fourth-order valence-electron chi connectivity index (χ4n) is 3.53. The Hall–Kier alpha value is -2.95. The molecule has 2 aromatic rings. The molecular weight excluding hydrogens is 402 g/mol. The van der Waals surface area contributed by atoms with Gasteiger partial charge in [0.1, 0.15) is 5.82 Å². The van der Waals surface area contributed by atoms with Gasteiger partial charge in [-0.1, -0.05) is 30.3 Å². The maximum Gasteiger partial charge on any atom is 0.330 e. The van der Waals surface area contributed by atoms with Gasteiger partial charge in [0, 0.05) is 33.4 Å². The van der Waals surface area contributed by atoms with E-state index in [-0.39, 0.29) is 37.0 Å². The molecule has 3 rings (SSSR count). The Morgan fingerprint density at radius 1 is 1.23 bits per heavy atom. The standard InChI is InChI=1S/C21H29N5O5/c1-30-11-5-8-25(17(27)15-24-9-12-31-13-10-24)18-19(22)26(21(29)23-20(18)28)14-16-6-3-2-4-7-16/h2-4,6-7H,5,8-15,22H2,1H3,(H,23,28,29). The first-order chi connectivity index (χ1) is 15.0. The fraction of sp³-hybridized carbons (Fsp3) is 0.476. The number of carbonyl (C=O) groups is 1. The van der Waals surface area contributed by atoms with Crippen molar-refractivity contribution in [3.05, 3.63) is 56.7 Å². The van der Waals surface area contributed by atoms with E-state index in [4.69, 9.17) is 15.2 Å². The first-order valence-electron chi connectivity index (χ1n) is 10.3. The summed E-state index contributed by atoms with van der Waals surface area (Å²) in [6.07, 6.45) is 0.516.